The molecule has 0 spiro atoms. The van der Waals surface area contributed by atoms with Gasteiger partial charge in [0.05, 0.1) is 7.11 Å². The van der Waals surface area contributed by atoms with Crippen molar-refractivity contribution in [2.45, 2.75) is 72.1 Å². The van der Waals surface area contributed by atoms with E-state index in [1.165, 1.54) is 0 Å². The SMILES string of the molecule is COC(=O)[C@H]([C@@H](C)CC=O)N(C(=O)OC(C)(C)C)C(=O)OC(C)(C)C. The predicted molar refractivity (Wildman–Crippen MR) is 90.0 cm³/mol. The van der Waals surface area contributed by atoms with Crippen molar-refractivity contribution >= 4 is 24.4 Å². The van der Waals surface area contributed by atoms with Crippen LogP contribution >= 0.6 is 0 Å². The molecule has 0 aromatic heterocycles. The van der Waals surface area contributed by atoms with Crippen molar-refractivity contribution in [1.82, 2.24) is 4.90 Å². The van der Waals surface area contributed by atoms with E-state index in [1.807, 2.05) is 0 Å². The summed E-state index contributed by atoms with van der Waals surface area (Å²) in [5, 5.41) is 0. The lowest BCUT2D eigenvalue weighted by Crippen LogP contribution is -2.54. The molecular formula is C17H29NO7. The van der Waals surface area contributed by atoms with Gasteiger partial charge in [0.15, 0.2) is 0 Å². The van der Waals surface area contributed by atoms with E-state index >= 15 is 0 Å². The Kier molecular flexibility index (Phi) is 8.08. The summed E-state index contributed by atoms with van der Waals surface area (Å²) in [6, 6.07) is -1.35. The number of aldehydes is 1. The highest BCUT2D eigenvalue weighted by Gasteiger charge is 2.43. The first-order valence-electron chi connectivity index (χ1n) is 8.00. The maximum atomic E-state index is 12.6. The molecular weight excluding hydrogens is 330 g/mol. The monoisotopic (exact) mass is 359 g/mol. The van der Waals surface area contributed by atoms with E-state index in [2.05, 4.69) is 0 Å². The van der Waals surface area contributed by atoms with Crippen molar-refractivity contribution < 1.29 is 33.4 Å². The van der Waals surface area contributed by atoms with Gasteiger partial charge < -0.3 is 19.0 Å². The summed E-state index contributed by atoms with van der Waals surface area (Å²) in [4.78, 5) is 48.8. The first-order valence-corrected chi connectivity index (χ1v) is 8.00. The number of methoxy groups -OCH3 is 1. The molecule has 0 heterocycles. The molecule has 0 fully saturated rings. The zero-order chi connectivity index (χ0) is 20.0. The van der Waals surface area contributed by atoms with Gasteiger partial charge in [0, 0.05) is 6.42 Å². The van der Waals surface area contributed by atoms with Gasteiger partial charge in [-0.05, 0) is 47.5 Å². The third kappa shape index (κ3) is 8.00. The summed E-state index contributed by atoms with van der Waals surface area (Å²) in [6.07, 6.45) is -1.55. The van der Waals surface area contributed by atoms with Crippen LogP contribution in [0.3, 0.4) is 0 Å². The Bertz CT molecular complexity index is 474. The molecule has 0 aromatic carbocycles. The van der Waals surface area contributed by atoms with Crippen LogP contribution in [-0.2, 0) is 23.8 Å². The third-order valence-corrected chi connectivity index (χ3v) is 2.91. The van der Waals surface area contributed by atoms with Crippen LogP contribution in [0.15, 0.2) is 0 Å². The maximum absolute atomic E-state index is 12.6. The predicted octanol–water partition coefficient (Wildman–Crippen LogP) is 2.93. The lowest BCUT2D eigenvalue weighted by Gasteiger charge is -2.34. The van der Waals surface area contributed by atoms with Crippen LogP contribution in [-0.4, -0.2) is 53.7 Å². The molecule has 2 amide bonds. The normalized spacial score (nSPS) is 14.1. The van der Waals surface area contributed by atoms with E-state index < -0.39 is 41.3 Å². The van der Waals surface area contributed by atoms with Gasteiger partial charge in [-0.3, -0.25) is 0 Å². The second-order valence-corrected chi connectivity index (χ2v) is 7.68. The first kappa shape index (κ1) is 22.9. The van der Waals surface area contributed by atoms with Crippen molar-refractivity contribution in [3.05, 3.63) is 0 Å². The fraction of sp³-hybridized carbons (Fsp3) is 0.765. The highest BCUT2D eigenvalue weighted by molar-refractivity contribution is 5.94. The molecule has 0 saturated carbocycles. The molecule has 0 bridgehead atoms. The summed E-state index contributed by atoms with van der Waals surface area (Å²) in [7, 11) is 1.13. The molecule has 2 atom stereocenters. The van der Waals surface area contributed by atoms with Gasteiger partial charge in [-0.15, -0.1) is 0 Å². The number of esters is 1. The highest BCUT2D eigenvalue weighted by Crippen LogP contribution is 2.22. The van der Waals surface area contributed by atoms with Crippen molar-refractivity contribution in [2.75, 3.05) is 7.11 Å². The van der Waals surface area contributed by atoms with Crippen molar-refractivity contribution in [1.29, 1.82) is 0 Å². The number of hydrogen-bond acceptors (Lipinski definition) is 7. The number of carbonyl (C=O) groups is 4. The number of ether oxygens (including phenoxy) is 3. The molecule has 0 unspecified atom stereocenters. The van der Waals surface area contributed by atoms with E-state index in [1.54, 1.807) is 48.5 Å². The van der Waals surface area contributed by atoms with Crippen LogP contribution in [0, 0.1) is 5.92 Å². The Balaban J connectivity index is 5.93. The van der Waals surface area contributed by atoms with E-state index in [0.717, 1.165) is 7.11 Å². The van der Waals surface area contributed by atoms with Crippen molar-refractivity contribution in [3.8, 4) is 0 Å². The number of hydrogen-bond donors (Lipinski definition) is 0. The molecule has 0 radical (unpaired) electrons. The second kappa shape index (κ2) is 8.82. The zero-order valence-electron chi connectivity index (χ0n) is 16.2. The lowest BCUT2D eigenvalue weighted by molar-refractivity contribution is -0.148. The topological polar surface area (TPSA) is 99.2 Å². The summed E-state index contributed by atoms with van der Waals surface area (Å²) in [5.74, 6) is -1.52. The molecule has 0 aliphatic heterocycles. The summed E-state index contributed by atoms with van der Waals surface area (Å²) < 4.78 is 15.2. The first-order chi connectivity index (χ1) is 11.2. The summed E-state index contributed by atoms with van der Waals surface area (Å²) in [5.41, 5.74) is -1.79. The minimum Gasteiger partial charge on any atom is -0.467 e. The Morgan fingerprint density at radius 2 is 1.36 bits per heavy atom. The number of imide groups is 1. The van der Waals surface area contributed by atoms with E-state index in [9.17, 15) is 19.2 Å². The molecule has 0 N–H and O–H groups in total. The number of rotatable bonds is 5. The largest absolute Gasteiger partial charge is 0.467 e. The van der Waals surface area contributed by atoms with E-state index in [0.29, 0.717) is 11.2 Å². The highest BCUT2D eigenvalue weighted by atomic mass is 16.6. The van der Waals surface area contributed by atoms with Gasteiger partial charge in [0.1, 0.15) is 23.5 Å². The van der Waals surface area contributed by atoms with Crippen LogP contribution in [0.5, 0.6) is 0 Å². The average molecular weight is 359 g/mol. The fourth-order valence-electron chi connectivity index (χ4n) is 1.92. The quantitative estimate of drug-likeness (QED) is 0.423. The molecule has 0 aliphatic rings. The smallest absolute Gasteiger partial charge is 0.420 e. The van der Waals surface area contributed by atoms with Gasteiger partial charge in [0.25, 0.3) is 0 Å². The van der Waals surface area contributed by atoms with Crippen LogP contribution in [0.4, 0.5) is 9.59 Å². The molecule has 25 heavy (non-hydrogen) atoms. The van der Waals surface area contributed by atoms with E-state index in [-0.39, 0.29) is 6.42 Å². The molecule has 0 rings (SSSR count). The number of nitrogens with zero attached hydrogens (tertiary/aromatic N) is 1. The Labute approximate surface area is 148 Å². The van der Waals surface area contributed by atoms with Gasteiger partial charge in [0.2, 0.25) is 0 Å². The van der Waals surface area contributed by atoms with Crippen molar-refractivity contribution in [3.63, 3.8) is 0 Å². The van der Waals surface area contributed by atoms with Crippen molar-refractivity contribution in [2.24, 2.45) is 5.92 Å². The molecule has 0 aromatic rings. The molecule has 0 aliphatic carbocycles. The maximum Gasteiger partial charge on any atom is 0.420 e. The Morgan fingerprint density at radius 1 is 0.960 bits per heavy atom. The summed E-state index contributed by atoms with van der Waals surface area (Å²) >= 11 is 0. The Morgan fingerprint density at radius 3 is 1.64 bits per heavy atom. The molecule has 8 nitrogen and oxygen atoms in total. The van der Waals surface area contributed by atoms with Crippen LogP contribution < -0.4 is 0 Å². The standard InChI is InChI=1S/C17H29NO7/c1-11(9-10-19)12(13(20)23-8)18(14(21)24-16(2,3)4)15(22)25-17(5,6)7/h10-12H,9H2,1-8H3/t11-,12-/m0/s1. The van der Waals surface area contributed by atoms with E-state index in [4.69, 9.17) is 14.2 Å². The minimum absolute atomic E-state index is 0.0537. The minimum atomic E-state index is -1.35. The lowest BCUT2D eigenvalue weighted by atomic mass is 9.98. The molecule has 8 heteroatoms. The number of carbonyl (C=O) groups excluding carboxylic acids is 4. The molecule has 144 valence electrons. The van der Waals surface area contributed by atoms with Gasteiger partial charge >= 0.3 is 18.2 Å². The fourth-order valence-corrected chi connectivity index (χ4v) is 1.92. The van der Waals surface area contributed by atoms with Crippen LogP contribution in [0.1, 0.15) is 54.9 Å². The van der Waals surface area contributed by atoms with Crippen LogP contribution in [0.2, 0.25) is 0 Å². The number of amides is 2. The second-order valence-electron chi connectivity index (χ2n) is 7.68. The van der Waals surface area contributed by atoms with Gasteiger partial charge in [-0.2, -0.15) is 4.90 Å². The van der Waals surface area contributed by atoms with Gasteiger partial charge in [-0.25, -0.2) is 14.4 Å². The molecule has 0 saturated heterocycles. The summed E-state index contributed by atoms with van der Waals surface area (Å²) in [6.45, 7) is 11.3. The van der Waals surface area contributed by atoms with Gasteiger partial charge in [-0.1, -0.05) is 6.92 Å². The Hall–Kier alpha value is -2.12. The average Bonchev–Trinajstić information content (AvgIpc) is 2.39. The van der Waals surface area contributed by atoms with Crippen LogP contribution in [0.25, 0.3) is 0 Å². The third-order valence-electron chi connectivity index (χ3n) is 2.91. The zero-order valence-corrected chi connectivity index (χ0v) is 16.2.